The van der Waals surface area contributed by atoms with Gasteiger partial charge in [0.1, 0.15) is 0 Å². The molecule has 1 atom stereocenters. The van der Waals surface area contributed by atoms with Crippen molar-refractivity contribution in [1.82, 2.24) is 4.90 Å². The van der Waals surface area contributed by atoms with Crippen LogP contribution >= 0.6 is 0 Å². The van der Waals surface area contributed by atoms with Gasteiger partial charge in [-0.3, -0.25) is 4.79 Å². The van der Waals surface area contributed by atoms with E-state index in [1.54, 1.807) is 0 Å². The van der Waals surface area contributed by atoms with Gasteiger partial charge in [0.25, 0.3) is 0 Å². The Morgan fingerprint density at radius 1 is 1.67 bits per heavy atom. The molecule has 1 saturated heterocycles. The number of hydrogen-bond donors (Lipinski definition) is 0. The Labute approximate surface area is 73.7 Å². The molecule has 0 bridgehead atoms. The fourth-order valence-corrected chi connectivity index (χ4v) is 1.45. The summed E-state index contributed by atoms with van der Waals surface area (Å²) in [5.41, 5.74) is 0. The summed E-state index contributed by atoms with van der Waals surface area (Å²) in [5, 5.41) is 0. The molecule has 12 heavy (non-hydrogen) atoms. The second-order valence-electron chi connectivity index (χ2n) is 3.42. The molecule has 1 aliphatic rings. The standard InChI is InChI=1S/C9H17NO2/c1-3-6-12-9(11)8-4-5-10(2)7-8/h8H,3-7H2,1-2H3. The summed E-state index contributed by atoms with van der Waals surface area (Å²) in [7, 11) is 2.03. The number of esters is 1. The van der Waals surface area contributed by atoms with Crippen LogP contribution < -0.4 is 0 Å². The van der Waals surface area contributed by atoms with Crippen LogP contribution in [0.4, 0.5) is 0 Å². The summed E-state index contributed by atoms with van der Waals surface area (Å²) in [6, 6.07) is 0. The van der Waals surface area contributed by atoms with Gasteiger partial charge in [-0.15, -0.1) is 0 Å². The first kappa shape index (κ1) is 9.52. The molecule has 0 aliphatic carbocycles. The lowest BCUT2D eigenvalue weighted by molar-refractivity contribution is -0.148. The summed E-state index contributed by atoms with van der Waals surface area (Å²) in [5.74, 6) is 0.114. The zero-order chi connectivity index (χ0) is 8.97. The first-order chi connectivity index (χ1) is 5.74. The van der Waals surface area contributed by atoms with Crippen LogP contribution in [0.2, 0.25) is 0 Å². The molecule has 1 aliphatic heterocycles. The molecular formula is C9H17NO2. The first-order valence-electron chi connectivity index (χ1n) is 4.59. The Bertz CT molecular complexity index is 159. The van der Waals surface area contributed by atoms with Crippen LogP contribution in [0.25, 0.3) is 0 Å². The SMILES string of the molecule is CCCOC(=O)C1CCN(C)C1. The van der Waals surface area contributed by atoms with Crippen molar-refractivity contribution in [2.24, 2.45) is 5.92 Å². The molecule has 1 unspecified atom stereocenters. The molecule has 3 nitrogen and oxygen atoms in total. The van der Waals surface area contributed by atoms with E-state index in [-0.39, 0.29) is 11.9 Å². The van der Waals surface area contributed by atoms with Gasteiger partial charge in [-0.1, -0.05) is 6.92 Å². The van der Waals surface area contributed by atoms with Crippen LogP contribution in [0.15, 0.2) is 0 Å². The van der Waals surface area contributed by atoms with Crippen molar-refractivity contribution >= 4 is 5.97 Å². The molecule has 1 heterocycles. The van der Waals surface area contributed by atoms with Gasteiger partial charge >= 0.3 is 5.97 Å². The normalized spacial score (nSPS) is 24.3. The zero-order valence-electron chi connectivity index (χ0n) is 7.88. The van der Waals surface area contributed by atoms with Gasteiger partial charge in [0.2, 0.25) is 0 Å². The van der Waals surface area contributed by atoms with Crippen LogP contribution in [0.5, 0.6) is 0 Å². The summed E-state index contributed by atoms with van der Waals surface area (Å²) in [6.45, 7) is 4.46. The average Bonchev–Trinajstić information content (AvgIpc) is 2.47. The van der Waals surface area contributed by atoms with E-state index in [1.807, 2.05) is 14.0 Å². The van der Waals surface area contributed by atoms with E-state index in [9.17, 15) is 4.79 Å². The van der Waals surface area contributed by atoms with E-state index in [2.05, 4.69) is 4.90 Å². The Hall–Kier alpha value is -0.570. The van der Waals surface area contributed by atoms with Crippen molar-refractivity contribution in [2.45, 2.75) is 19.8 Å². The molecule has 1 rings (SSSR count). The molecule has 0 aromatic rings. The molecule has 0 amide bonds. The predicted molar refractivity (Wildman–Crippen MR) is 46.9 cm³/mol. The fourth-order valence-electron chi connectivity index (χ4n) is 1.45. The number of likely N-dealkylation sites (tertiary alicyclic amines) is 1. The van der Waals surface area contributed by atoms with Crippen molar-refractivity contribution in [1.29, 1.82) is 0 Å². The van der Waals surface area contributed by atoms with Crippen LogP contribution in [0.1, 0.15) is 19.8 Å². The van der Waals surface area contributed by atoms with Crippen molar-refractivity contribution in [3.8, 4) is 0 Å². The lowest BCUT2D eigenvalue weighted by Gasteiger charge is -2.09. The minimum absolute atomic E-state index is 0.0128. The summed E-state index contributed by atoms with van der Waals surface area (Å²) in [6.07, 6.45) is 1.87. The average molecular weight is 171 g/mol. The molecule has 1 fully saturated rings. The van der Waals surface area contributed by atoms with Crippen molar-refractivity contribution in [2.75, 3.05) is 26.7 Å². The highest BCUT2D eigenvalue weighted by molar-refractivity contribution is 5.73. The number of rotatable bonds is 3. The third kappa shape index (κ3) is 2.48. The summed E-state index contributed by atoms with van der Waals surface area (Å²) < 4.78 is 5.06. The number of carbonyl (C=O) groups is 1. The van der Waals surface area contributed by atoms with E-state index in [4.69, 9.17) is 4.74 Å². The maximum Gasteiger partial charge on any atom is 0.310 e. The highest BCUT2D eigenvalue weighted by Crippen LogP contribution is 2.15. The number of hydrogen-bond acceptors (Lipinski definition) is 3. The van der Waals surface area contributed by atoms with Gasteiger partial charge in [0.05, 0.1) is 12.5 Å². The Morgan fingerprint density at radius 2 is 2.42 bits per heavy atom. The maximum atomic E-state index is 11.3. The molecule has 3 heteroatoms. The third-order valence-electron chi connectivity index (χ3n) is 2.17. The zero-order valence-corrected chi connectivity index (χ0v) is 7.88. The number of nitrogens with zero attached hydrogens (tertiary/aromatic N) is 1. The molecule has 0 spiro atoms. The minimum Gasteiger partial charge on any atom is -0.465 e. The van der Waals surface area contributed by atoms with Crippen LogP contribution in [0, 0.1) is 5.92 Å². The predicted octanol–water partition coefficient (Wildman–Crippen LogP) is 0.891. The van der Waals surface area contributed by atoms with Crippen molar-refractivity contribution in [3.05, 3.63) is 0 Å². The maximum absolute atomic E-state index is 11.3. The molecule has 0 saturated carbocycles. The van der Waals surface area contributed by atoms with Crippen LogP contribution in [0.3, 0.4) is 0 Å². The second-order valence-corrected chi connectivity index (χ2v) is 3.42. The quantitative estimate of drug-likeness (QED) is 0.591. The van der Waals surface area contributed by atoms with E-state index in [1.165, 1.54) is 0 Å². The monoisotopic (exact) mass is 171 g/mol. The Kier molecular flexibility index (Phi) is 3.53. The van der Waals surface area contributed by atoms with E-state index >= 15 is 0 Å². The van der Waals surface area contributed by atoms with Crippen LogP contribution in [-0.4, -0.2) is 37.6 Å². The van der Waals surface area contributed by atoms with Gasteiger partial charge in [0, 0.05) is 6.54 Å². The third-order valence-corrected chi connectivity index (χ3v) is 2.17. The Balaban J connectivity index is 2.23. The second kappa shape index (κ2) is 4.45. The lowest BCUT2D eigenvalue weighted by Crippen LogP contribution is -2.21. The number of carbonyl (C=O) groups excluding carboxylic acids is 1. The topological polar surface area (TPSA) is 29.5 Å². The Morgan fingerprint density at radius 3 is 2.92 bits per heavy atom. The minimum atomic E-state index is -0.0128. The lowest BCUT2D eigenvalue weighted by atomic mass is 10.1. The molecule has 0 aromatic carbocycles. The van der Waals surface area contributed by atoms with E-state index in [0.29, 0.717) is 6.61 Å². The van der Waals surface area contributed by atoms with Crippen molar-refractivity contribution < 1.29 is 9.53 Å². The van der Waals surface area contributed by atoms with Gasteiger partial charge in [0.15, 0.2) is 0 Å². The first-order valence-corrected chi connectivity index (χ1v) is 4.59. The number of ether oxygens (including phenoxy) is 1. The largest absolute Gasteiger partial charge is 0.465 e. The smallest absolute Gasteiger partial charge is 0.310 e. The van der Waals surface area contributed by atoms with E-state index in [0.717, 1.165) is 25.9 Å². The van der Waals surface area contributed by atoms with Gasteiger partial charge in [-0.2, -0.15) is 0 Å². The molecule has 0 radical (unpaired) electrons. The van der Waals surface area contributed by atoms with Crippen molar-refractivity contribution in [3.63, 3.8) is 0 Å². The van der Waals surface area contributed by atoms with Gasteiger partial charge in [-0.25, -0.2) is 0 Å². The molecule has 0 aromatic heterocycles. The molecular weight excluding hydrogens is 154 g/mol. The fraction of sp³-hybridized carbons (Fsp3) is 0.889. The van der Waals surface area contributed by atoms with E-state index < -0.39 is 0 Å². The highest BCUT2D eigenvalue weighted by Gasteiger charge is 2.26. The highest BCUT2D eigenvalue weighted by atomic mass is 16.5. The molecule has 70 valence electrons. The van der Waals surface area contributed by atoms with Crippen LogP contribution in [-0.2, 0) is 9.53 Å². The molecule has 0 N–H and O–H groups in total. The summed E-state index contributed by atoms with van der Waals surface area (Å²) >= 11 is 0. The van der Waals surface area contributed by atoms with Gasteiger partial charge in [-0.05, 0) is 26.4 Å². The summed E-state index contributed by atoms with van der Waals surface area (Å²) in [4.78, 5) is 13.5. The van der Waals surface area contributed by atoms with Gasteiger partial charge < -0.3 is 9.64 Å².